The van der Waals surface area contributed by atoms with E-state index in [1.807, 2.05) is 14.1 Å². The van der Waals surface area contributed by atoms with Gasteiger partial charge in [0.15, 0.2) is 0 Å². The van der Waals surface area contributed by atoms with Gasteiger partial charge in [0.1, 0.15) is 12.0 Å². The molecule has 1 atom stereocenters. The topological polar surface area (TPSA) is 69.6 Å². The summed E-state index contributed by atoms with van der Waals surface area (Å²) in [4.78, 5) is 18.7. The minimum absolute atomic E-state index is 0.625. The van der Waals surface area contributed by atoms with Crippen molar-refractivity contribution in [2.24, 2.45) is 0 Å². The first-order valence-corrected chi connectivity index (χ1v) is 5.56. The third-order valence-corrected chi connectivity index (χ3v) is 2.62. The predicted octanol–water partition coefficient (Wildman–Crippen LogP) is 0.175. The van der Waals surface area contributed by atoms with E-state index in [4.69, 9.17) is 4.89 Å². The van der Waals surface area contributed by atoms with Gasteiger partial charge < -0.3 is 14.3 Å². The second-order valence-corrected chi connectivity index (χ2v) is 4.84. The van der Waals surface area contributed by atoms with Crippen molar-refractivity contribution in [1.82, 2.24) is 0 Å². The first-order chi connectivity index (χ1) is 5.81. The number of phosphoric ester groups is 1. The first-order valence-electron chi connectivity index (χ1n) is 4.06. The van der Waals surface area contributed by atoms with Crippen LogP contribution in [-0.4, -0.2) is 30.0 Å². The molecule has 0 aromatic rings. The first kappa shape index (κ1) is 10.7. The van der Waals surface area contributed by atoms with Gasteiger partial charge in [0, 0.05) is 12.8 Å². The molecule has 1 saturated heterocycles. The van der Waals surface area contributed by atoms with Crippen LogP contribution in [0, 0.1) is 0 Å². The van der Waals surface area contributed by atoms with Crippen molar-refractivity contribution in [2.75, 3.05) is 20.6 Å². The van der Waals surface area contributed by atoms with Gasteiger partial charge in [0.25, 0.3) is 0 Å². The molecule has 0 saturated carbocycles. The van der Waals surface area contributed by atoms with E-state index >= 15 is 0 Å². The van der Waals surface area contributed by atoms with E-state index in [0.717, 1.165) is 31.3 Å². The van der Waals surface area contributed by atoms with E-state index in [1.165, 1.54) is 0 Å². The summed E-state index contributed by atoms with van der Waals surface area (Å²) in [5, 5.41) is 0. The van der Waals surface area contributed by atoms with Crippen LogP contribution < -0.4 is 4.89 Å². The Bertz CT molecular complexity index is 268. The highest BCUT2D eigenvalue weighted by Gasteiger charge is 2.29. The fourth-order valence-electron chi connectivity index (χ4n) is 1.43. The molecule has 0 radical (unpaired) electrons. The molecule has 1 N–H and O–H groups in total. The summed E-state index contributed by atoms with van der Waals surface area (Å²) >= 11 is 0. The number of nitrogens with zero attached hydrogens (tertiary/aromatic N) is 1. The highest BCUT2D eigenvalue weighted by molar-refractivity contribution is 7.44. The number of likely N-dealkylation sites (tertiary alicyclic amines) is 1. The maximum Gasteiger partial charge on any atom is 0.316 e. The molecule has 1 heterocycles. The van der Waals surface area contributed by atoms with Crippen molar-refractivity contribution in [3.8, 4) is 0 Å². The van der Waals surface area contributed by atoms with Gasteiger partial charge >= 0.3 is 7.82 Å². The number of allylic oxidation sites excluding steroid dienone is 1. The third-order valence-electron chi connectivity index (χ3n) is 2.25. The quantitative estimate of drug-likeness (QED) is 0.398. The van der Waals surface area contributed by atoms with E-state index in [1.54, 1.807) is 0 Å². The zero-order chi connectivity index (χ0) is 10.1. The normalized spacial score (nSPS) is 28.8. The van der Waals surface area contributed by atoms with Gasteiger partial charge in [-0.25, -0.2) is 0 Å². The lowest BCUT2D eigenvalue weighted by Gasteiger charge is -2.24. The summed E-state index contributed by atoms with van der Waals surface area (Å²) in [5.41, 5.74) is 0.880. The minimum atomic E-state index is -4.61. The Kier molecular flexibility index (Phi) is 2.82. The Morgan fingerprint density at radius 3 is 2.69 bits per heavy atom. The van der Waals surface area contributed by atoms with Crippen LogP contribution in [0.2, 0.25) is 0 Å². The highest BCUT2D eigenvalue weighted by Crippen LogP contribution is 2.34. The van der Waals surface area contributed by atoms with Crippen LogP contribution in [0.1, 0.15) is 12.8 Å². The number of quaternary nitrogens is 1. The van der Waals surface area contributed by atoms with Gasteiger partial charge in [0.2, 0.25) is 0 Å². The smallest absolute Gasteiger partial charge is 0.316 e. The summed E-state index contributed by atoms with van der Waals surface area (Å²) in [6.07, 6.45) is 2.96. The number of hydrogen-bond acceptors (Lipinski definition) is 3. The van der Waals surface area contributed by atoms with Crippen molar-refractivity contribution in [2.45, 2.75) is 12.8 Å². The van der Waals surface area contributed by atoms with Crippen LogP contribution in [0.25, 0.3) is 0 Å². The Labute approximate surface area is 77.5 Å². The molecule has 0 aromatic heterocycles. The summed E-state index contributed by atoms with van der Waals surface area (Å²) in [6.45, 7) is 0.962. The second kappa shape index (κ2) is 3.42. The van der Waals surface area contributed by atoms with Crippen molar-refractivity contribution in [3.63, 3.8) is 0 Å². The fourth-order valence-corrected chi connectivity index (χ4v) is 1.69. The lowest BCUT2D eigenvalue weighted by Crippen LogP contribution is -2.33. The van der Waals surface area contributed by atoms with Crippen molar-refractivity contribution < 1.29 is 23.4 Å². The molecule has 1 unspecified atom stereocenters. The molecule has 13 heavy (non-hydrogen) atoms. The Hall–Kier alpha value is -0.350. The van der Waals surface area contributed by atoms with E-state index in [9.17, 15) is 9.46 Å². The second-order valence-electron chi connectivity index (χ2n) is 3.70. The van der Waals surface area contributed by atoms with E-state index in [0.29, 0.717) is 4.48 Å². The molecule has 0 amide bonds. The van der Waals surface area contributed by atoms with E-state index < -0.39 is 7.82 Å². The van der Waals surface area contributed by atoms with Crippen LogP contribution >= 0.6 is 7.82 Å². The maximum absolute atomic E-state index is 10.3. The van der Waals surface area contributed by atoms with Crippen molar-refractivity contribution >= 4 is 7.82 Å². The fraction of sp³-hybridized carbons (Fsp3) is 0.714. The molecule has 0 aromatic carbocycles. The van der Waals surface area contributed by atoms with E-state index in [2.05, 4.69) is 4.52 Å². The van der Waals surface area contributed by atoms with Gasteiger partial charge in [-0.05, 0) is 0 Å². The lowest BCUT2D eigenvalue weighted by molar-refractivity contribution is -0.843. The molecule has 1 aliphatic heterocycles. The molecule has 0 aliphatic carbocycles. The summed E-state index contributed by atoms with van der Waals surface area (Å²) in [7, 11) is -0.676. The summed E-state index contributed by atoms with van der Waals surface area (Å²) in [6, 6.07) is 0. The maximum atomic E-state index is 10.3. The van der Waals surface area contributed by atoms with Gasteiger partial charge in [-0.1, -0.05) is 0 Å². The molecule has 1 fully saturated rings. The Balaban J connectivity index is 2.67. The van der Waals surface area contributed by atoms with E-state index in [-0.39, 0.29) is 0 Å². The highest BCUT2D eigenvalue weighted by atomic mass is 31.2. The van der Waals surface area contributed by atoms with Crippen LogP contribution in [0.3, 0.4) is 0 Å². The standard InChI is InChI=1S/C7H14NO4P/c1-8(2)5-3-4-7(8)6-12-13(9,10)11/h6H,3-5H2,1-2H3,(H-,9,10,11). The van der Waals surface area contributed by atoms with Gasteiger partial charge in [-0.15, -0.1) is 0 Å². The minimum Gasteiger partial charge on any atom is -0.746 e. The van der Waals surface area contributed by atoms with Gasteiger partial charge in [0.05, 0.1) is 20.6 Å². The summed E-state index contributed by atoms with van der Waals surface area (Å²) in [5.74, 6) is 0. The molecule has 5 nitrogen and oxygen atoms in total. The van der Waals surface area contributed by atoms with Gasteiger partial charge in [-0.3, -0.25) is 9.05 Å². The average Bonchev–Trinajstić information content (AvgIpc) is 2.23. The molecule has 1 rings (SSSR count). The number of phosphoric acid groups is 1. The number of hydrogen-bond donors (Lipinski definition) is 1. The largest absolute Gasteiger partial charge is 0.746 e. The predicted molar refractivity (Wildman–Crippen MR) is 45.2 cm³/mol. The van der Waals surface area contributed by atoms with Crippen LogP contribution in [-0.2, 0) is 9.09 Å². The Morgan fingerprint density at radius 1 is 1.69 bits per heavy atom. The van der Waals surface area contributed by atoms with Crippen LogP contribution in [0.5, 0.6) is 0 Å². The SMILES string of the molecule is C[N+]1(C)CCCC1=COP(=O)([O-])O. The average molecular weight is 207 g/mol. The van der Waals surface area contributed by atoms with Crippen LogP contribution in [0.4, 0.5) is 0 Å². The molecule has 6 heteroatoms. The molecule has 1 aliphatic rings. The lowest BCUT2D eigenvalue weighted by atomic mass is 10.3. The summed E-state index contributed by atoms with van der Waals surface area (Å²) < 4.78 is 15.2. The van der Waals surface area contributed by atoms with Crippen LogP contribution in [0.15, 0.2) is 12.0 Å². The molecular formula is C7H14NO4P. The molecule has 76 valence electrons. The molecule has 0 bridgehead atoms. The number of rotatable bonds is 2. The van der Waals surface area contributed by atoms with Crippen molar-refractivity contribution in [3.05, 3.63) is 12.0 Å². The van der Waals surface area contributed by atoms with Crippen molar-refractivity contribution in [1.29, 1.82) is 0 Å². The zero-order valence-electron chi connectivity index (χ0n) is 7.77. The zero-order valence-corrected chi connectivity index (χ0v) is 8.66. The van der Waals surface area contributed by atoms with Gasteiger partial charge in [-0.2, -0.15) is 0 Å². The third kappa shape index (κ3) is 3.12. The molecular weight excluding hydrogens is 193 g/mol. The molecule has 0 spiro atoms. The Morgan fingerprint density at radius 2 is 2.31 bits per heavy atom. The monoisotopic (exact) mass is 207 g/mol.